The quantitative estimate of drug-likeness (QED) is 0.785. The minimum atomic E-state index is -0.0231. The Balaban J connectivity index is 2.03. The van der Waals surface area contributed by atoms with Crippen LogP contribution >= 0.6 is 15.9 Å². The average Bonchev–Trinajstić information content (AvgIpc) is 2.73. The number of likely N-dealkylation sites (tertiary alicyclic amines) is 1. The fourth-order valence-corrected chi connectivity index (χ4v) is 3.13. The lowest BCUT2D eigenvalue weighted by Crippen LogP contribution is -2.35. The molecule has 0 aromatic heterocycles. The smallest absolute Gasteiger partial charge is 0.260 e. The number of halogens is 1. The Labute approximate surface area is 142 Å². The monoisotopic (exact) mass is 367 g/mol. The second-order valence-electron chi connectivity index (χ2n) is 6.97. The molecule has 0 N–H and O–H groups in total. The van der Waals surface area contributed by atoms with Crippen LogP contribution in [0.15, 0.2) is 22.7 Å². The van der Waals surface area contributed by atoms with Crippen LogP contribution in [0.5, 0.6) is 5.75 Å². The van der Waals surface area contributed by atoms with Crippen molar-refractivity contribution in [1.29, 1.82) is 0 Å². The van der Waals surface area contributed by atoms with Gasteiger partial charge >= 0.3 is 0 Å². The molecule has 22 heavy (non-hydrogen) atoms. The highest BCUT2D eigenvalue weighted by molar-refractivity contribution is 9.10. The van der Waals surface area contributed by atoms with Gasteiger partial charge in [0.05, 0.1) is 0 Å². The molecular weight excluding hydrogens is 342 g/mol. The summed E-state index contributed by atoms with van der Waals surface area (Å²) < 4.78 is 6.89. The molecule has 1 amide bonds. The number of hydrogen-bond acceptors (Lipinski definition) is 2. The Bertz CT molecular complexity index is 514. The molecule has 1 aliphatic rings. The van der Waals surface area contributed by atoms with Crippen LogP contribution in [0.25, 0.3) is 0 Å². The third-order valence-corrected chi connectivity index (χ3v) is 4.55. The first-order valence-electron chi connectivity index (χ1n) is 8.08. The maximum Gasteiger partial charge on any atom is 0.260 e. The Hall–Kier alpha value is -1.03. The van der Waals surface area contributed by atoms with Crippen molar-refractivity contribution in [3.05, 3.63) is 28.2 Å². The lowest BCUT2D eigenvalue weighted by Gasteiger charge is -2.24. The molecule has 1 heterocycles. The predicted molar refractivity (Wildman–Crippen MR) is 93.4 cm³/mol. The van der Waals surface area contributed by atoms with Gasteiger partial charge in [0.1, 0.15) is 5.75 Å². The van der Waals surface area contributed by atoms with Crippen LogP contribution in [-0.2, 0) is 10.2 Å². The zero-order chi connectivity index (χ0) is 16.2. The molecule has 122 valence electrons. The van der Waals surface area contributed by atoms with Crippen LogP contribution in [-0.4, -0.2) is 30.5 Å². The molecule has 1 fully saturated rings. The maximum absolute atomic E-state index is 12.3. The number of carbonyl (C=O) groups is 1. The summed E-state index contributed by atoms with van der Waals surface area (Å²) in [6.07, 6.45) is 4.67. The van der Waals surface area contributed by atoms with E-state index in [0.29, 0.717) is 0 Å². The summed E-state index contributed by atoms with van der Waals surface area (Å²) in [5.74, 6) is 0.906. The zero-order valence-corrected chi connectivity index (χ0v) is 15.4. The van der Waals surface area contributed by atoms with E-state index >= 15 is 0 Å². The van der Waals surface area contributed by atoms with Gasteiger partial charge in [-0.3, -0.25) is 4.79 Å². The van der Waals surface area contributed by atoms with Gasteiger partial charge in [0.2, 0.25) is 0 Å². The Morgan fingerprint density at radius 1 is 1.18 bits per heavy atom. The first-order chi connectivity index (χ1) is 10.4. The minimum Gasteiger partial charge on any atom is -0.483 e. The summed E-state index contributed by atoms with van der Waals surface area (Å²) in [5.41, 5.74) is 1.09. The highest BCUT2D eigenvalue weighted by Crippen LogP contribution is 2.33. The number of hydrogen-bond donors (Lipinski definition) is 0. The van der Waals surface area contributed by atoms with Crippen molar-refractivity contribution >= 4 is 21.8 Å². The maximum atomic E-state index is 12.3. The molecule has 4 heteroatoms. The van der Waals surface area contributed by atoms with E-state index in [4.69, 9.17) is 4.74 Å². The van der Waals surface area contributed by atoms with E-state index in [1.165, 1.54) is 12.8 Å². The molecule has 0 spiro atoms. The van der Waals surface area contributed by atoms with Crippen LogP contribution in [0.4, 0.5) is 0 Å². The predicted octanol–water partition coefficient (Wildman–Crippen LogP) is 4.53. The number of rotatable bonds is 3. The van der Waals surface area contributed by atoms with Gasteiger partial charge in [-0.1, -0.05) is 49.5 Å². The fourth-order valence-electron chi connectivity index (χ4n) is 2.77. The lowest BCUT2D eigenvalue weighted by atomic mass is 9.86. The molecule has 0 unspecified atom stereocenters. The van der Waals surface area contributed by atoms with E-state index in [2.05, 4.69) is 42.8 Å². The van der Waals surface area contributed by atoms with Crippen molar-refractivity contribution in [1.82, 2.24) is 4.90 Å². The van der Waals surface area contributed by atoms with Gasteiger partial charge in [-0.05, 0) is 36.5 Å². The van der Waals surface area contributed by atoms with Crippen molar-refractivity contribution in [2.75, 3.05) is 19.7 Å². The highest BCUT2D eigenvalue weighted by Gasteiger charge is 2.21. The second-order valence-corrected chi connectivity index (χ2v) is 7.89. The van der Waals surface area contributed by atoms with Crippen LogP contribution in [0.3, 0.4) is 0 Å². The molecule has 1 saturated heterocycles. The van der Waals surface area contributed by atoms with Crippen molar-refractivity contribution in [3.63, 3.8) is 0 Å². The van der Waals surface area contributed by atoms with Gasteiger partial charge in [0, 0.05) is 23.1 Å². The Morgan fingerprint density at radius 3 is 2.41 bits per heavy atom. The van der Waals surface area contributed by atoms with Crippen molar-refractivity contribution < 1.29 is 9.53 Å². The number of benzene rings is 1. The van der Waals surface area contributed by atoms with Crippen LogP contribution in [0.2, 0.25) is 0 Å². The summed E-state index contributed by atoms with van der Waals surface area (Å²) in [6, 6.07) is 5.98. The first kappa shape index (κ1) is 17.3. The lowest BCUT2D eigenvalue weighted by molar-refractivity contribution is -0.133. The van der Waals surface area contributed by atoms with Gasteiger partial charge in [-0.2, -0.15) is 0 Å². The summed E-state index contributed by atoms with van der Waals surface area (Å²) in [7, 11) is 0. The van der Waals surface area contributed by atoms with E-state index < -0.39 is 0 Å². The number of nitrogens with zero attached hydrogens (tertiary/aromatic N) is 1. The Morgan fingerprint density at radius 2 is 1.82 bits per heavy atom. The van der Waals surface area contributed by atoms with Crippen molar-refractivity contribution in [2.24, 2.45) is 0 Å². The third-order valence-electron chi connectivity index (χ3n) is 4.06. The second kappa shape index (κ2) is 7.49. The van der Waals surface area contributed by atoms with Crippen LogP contribution in [0.1, 0.15) is 52.0 Å². The number of ether oxygens (including phenoxy) is 1. The molecule has 1 aromatic rings. The molecular formula is C18H26BrNO2. The number of carbonyl (C=O) groups excluding carboxylic acids is 1. The Kier molecular flexibility index (Phi) is 5.90. The van der Waals surface area contributed by atoms with Gasteiger partial charge in [0.25, 0.3) is 5.91 Å². The average molecular weight is 368 g/mol. The van der Waals surface area contributed by atoms with Gasteiger partial charge in [0.15, 0.2) is 6.61 Å². The summed E-state index contributed by atoms with van der Waals surface area (Å²) in [5, 5.41) is 0. The van der Waals surface area contributed by atoms with Crippen LogP contribution in [0, 0.1) is 0 Å². The molecule has 1 aliphatic heterocycles. The van der Waals surface area contributed by atoms with Crippen molar-refractivity contribution in [2.45, 2.75) is 51.9 Å². The van der Waals surface area contributed by atoms with E-state index in [0.717, 1.165) is 41.7 Å². The molecule has 0 radical (unpaired) electrons. The minimum absolute atomic E-state index is 0.0231. The summed E-state index contributed by atoms with van der Waals surface area (Å²) in [4.78, 5) is 14.3. The van der Waals surface area contributed by atoms with E-state index in [9.17, 15) is 4.79 Å². The van der Waals surface area contributed by atoms with Crippen LogP contribution < -0.4 is 4.74 Å². The summed E-state index contributed by atoms with van der Waals surface area (Å²) in [6.45, 7) is 8.32. The molecule has 2 rings (SSSR count). The first-order valence-corrected chi connectivity index (χ1v) is 8.88. The zero-order valence-electron chi connectivity index (χ0n) is 13.8. The molecule has 0 atom stereocenters. The number of amides is 1. The SMILES string of the molecule is CC(C)(C)c1cc(Br)ccc1OCC(=O)N1CCCCCC1. The largest absolute Gasteiger partial charge is 0.483 e. The van der Waals surface area contributed by atoms with Gasteiger partial charge in [-0.15, -0.1) is 0 Å². The van der Waals surface area contributed by atoms with Gasteiger partial charge < -0.3 is 9.64 Å². The molecule has 3 nitrogen and oxygen atoms in total. The van der Waals surface area contributed by atoms with Crippen molar-refractivity contribution in [3.8, 4) is 5.75 Å². The highest BCUT2D eigenvalue weighted by atomic mass is 79.9. The van der Waals surface area contributed by atoms with E-state index in [1.807, 2.05) is 17.0 Å². The molecule has 0 aliphatic carbocycles. The van der Waals surface area contributed by atoms with E-state index in [-0.39, 0.29) is 17.9 Å². The third kappa shape index (κ3) is 4.73. The standard InChI is InChI=1S/C18H26BrNO2/c1-18(2,3)15-12-14(19)8-9-16(15)22-13-17(21)20-10-6-4-5-7-11-20/h8-9,12H,4-7,10-11,13H2,1-3H3. The molecule has 0 saturated carbocycles. The molecule has 0 bridgehead atoms. The van der Waals surface area contributed by atoms with E-state index in [1.54, 1.807) is 0 Å². The van der Waals surface area contributed by atoms with Gasteiger partial charge in [-0.25, -0.2) is 0 Å². The normalized spacial score (nSPS) is 16.3. The topological polar surface area (TPSA) is 29.5 Å². The molecule has 1 aromatic carbocycles. The fraction of sp³-hybridized carbons (Fsp3) is 0.611. The summed E-state index contributed by atoms with van der Waals surface area (Å²) >= 11 is 3.51.